The third-order valence-corrected chi connectivity index (χ3v) is 4.05. The minimum absolute atomic E-state index is 0.704. The van der Waals surface area contributed by atoms with Gasteiger partial charge < -0.3 is 0 Å². The largest absolute Gasteiger partial charge is 0.275 e. The van der Waals surface area contributed by atoms with Crippen LogP contribution in [0.2, 0.25) is 5.02 Å². The Morgan fingerprint density at radius 3 is 2.48 bits per heavy atom. The Balaban J connectivity index is 2.21. The molecule has 4 aromatic rings. The Labute approximate surface area is 126 Å². The molecule has 2 aromatic heterocycles. The second-order valence-electron chi connectivity index (χ2n) is 5.02. The summed E-state index contributed by atoms with van der Waals surface area (Å²) in [6.45, 7) is 1.96. The number of aromatic amines is 1. The molecule has 0 saturated carbocycles. The molecule has 0 aliphatic heterocycles. The Morgan fingerprint density at radius 1 is 0.952 bits per heavy atom. The van der Waals surface area contributed by atoms with E-state index in [0.29, 0.717) is 5.02 Å². The molecule has 0 bridgehead atoms. The first kappa shape index (κ1) is 12.4. The number of aromatic nitrogens is 3. The Kier molecular flexibility index (Phi) is 2.69. The van der Waals surface area contributed by atoms with Gasteiger partial charge in [-0.15, -0.1) is 0 Å². The molecule has 102 valence electrons. The standard InChI is InChI=1S/C17H12ClN3/c1-10-15-17(21-20-10)12-7-3-2-6-11(12)16(19-15)13-8-4-5-9-14(13)18/h2-9H,1H3,(H,20,21). The minimum Gasteiger partial charge on any atom is -0.275 e. The summed E-state index contributed by atoms with van der Waals surface area (Å²) in [6.07, 6.45) is 0. The second-order valence-corrected chi connectivity index (χ2v) is 5.43. The Morgan fingerprint density at radius 2 is 1.67 bits per heavy atom. The highest BCUT2D eigenvalue weighted by atomic mass is 35.5. The summed E-state index contributed by atoms with van der Waals surface area (Å²) in [7, 11) is 0. The van der Waals surface area contributed by atoms with Crippen molar-refractivity contribution in [1.82, 2.24) is 15.2 Å². The van der Waals surface area contributed by atoms with Gasteiger partial charge in [0.2, 0.25) is 0 Å². The van der Waals surface area contributed by atoms with Crippen LogP contribution in [0.1, 0.15) is 5.69 Å². The quantitative estimate of drug-likeness (QED) is 0.551. The molecule has 0 fully saturated rings. The highest BCUT2D eigenvalue weighted by Gasteiger charge is 2.14. The lowest BCUT2D eigenvalue weighted by molar-refractivity contribution is 1.07. The summed E-state index contributed by atoms with van der Waals surface area (Å²) in [6, 6.07) is 16.0. The second kappa shape index (κ2) is 4.57. The topological polar surface area (TPSA) is 41.6 Å². The van der Waals surface area contributed by atoms with E-state index in [-0.39, 0.29) is 0 Å². The zero-order chi connectivity index (χ0) is 14.4. The maximum Gasteiger partial charge on any atom is 0.112 e. The van der Waals surface area contributed by atoms with Crippen LogP contribution >= 0.6 is 11.6 Å². The number of rotatable bonds is 1. The molecule has 2 aromatic carbocycles. The molecule has 3 nitrogen and oxygen atoms in total. The van der Waals surface area contributed by atoms with Gasteiger partial charge >= 0.3 is 0 Å². The smallest absolute Gasteiger partial charge is 0.112 e. The maximum atomic E-state index is 6.36. The molecule has 4 heteroatoms. The Bertz CT molecular complexity index is 972. The number of hydrogen-bond acceptors (Lipinski definition) is 2. The SMILES string of the molecule is Cc1n[nH]c2c1nc(-c1ccccc1Cl)c1ccccc12. The molecule has 0 amide bonds. The van der Waals surface area contributed by atoms with Gasteiger partial charge in [-0.2, -0.15) is 5.10 Å². The van der Waals surface area contributed by atoms with Crippen molar-refractivity contribution in [3.8, 4) is 11.3 Å². The summed E-state index contributed by atoms with van der Waals surface area (Å²) in [5, 5.41) is 10.2. The van der Waals surface area contributed by atoms with E-state index in [1.165, 1.54) is 0 Å². The normalized spacial score (nSPS) is 11.3. The summed E-state index contributed by atoms with van der Waals surface area (Å²) in [4.78, 5) is 4.82. The number of fused-ring (bicyclic) bond motifs is 3. The molecule has 0 aliphatic carbocycles. The van der Waals surface area contributed by atoms with Gasteiger partial charge in [0.15, 0.2) is 0 Å². The monoisotopic (exact) mass is 293 g/mol. The molecule has 1 N–H and O–H groups in total. The van der Waals surface area contributed by atoms with Gasteiger partial charge in [0.05, 0.1) is 16.9 Å². The molecular weight excluding hydrogens is 282 g/mol. The van der Waals surface area contributed by atoms with Crippen LogP contribution < -0.4 is 0 Å². The highest BCUT2D eigenvalue weighted by Crippen LogP contribution is 2.35. The number of pyridine rings is 1. The summed E-state index contributed by atoms with van der Waals surface area (Å²) in [5.41, 5.74) is 4.60. The van der Waals surface area contributed by atoms with Crippen molar-refractivity contribution in [1.29, 1.82) is 0 Å². The van der Waals surface area contributed by atoms with Crippen molar-refractivity contribution in [2.75, 3.05) is 0 Å². The number of hydrogen-bond donors (Lipinski definition) is 1. The van der Waals surface area contributed by atoms with E-state index in [4.69, 9.17) is 16.6 Å². The fourth-order valence-electron chi connectivity index (χ4n) is 2.69. The van der Waals surface area contributed by atoms with Crippen LogP contribution in [-0.2, 0) is 0 Å². The van der Waals surface area contributed by atoms with Crippen molar-refractivity contribution in [2.45, 2.75) is 6.92 Å². The molecule has 0 radical (unpaired) electrons. The van der Waals surface area contributed by atoms with Gasteiger partial charge in [-0.05, 0) is 13.0 Å². The van der Waals surface area contributed by atoms with Gasteiger partial charge in [-0.1, -0.05) is 54.1 Å². The van der Waals surface area contributed by atoms with Gasteiger partial charge in [-0.3, -0.25) is 5.10 Å². The number of halogens is 1. The number of benzene rings is 2. The molecule has 0 atom stereocenters. The lowest BCUT2D eigenvalue weighted by Gasteiger charge is -2.09. The van der Waals surface area contributed by atoms with Crippen LogP contribution in [-0.4, -0.2) is 15.2 Å². The van der Waals surface area contributed by atoms with Gasteiger partial charge in [0.25, 0.3) is 0 Å². The van der Waals surface area contributed by atoms with Crippen molar-refractivity contribution in [3.05, 3.63) is 59.2 Å². The van der Waals surface area contributed by atoms with E-state index in [1.54, 1.807) is 0 Å². The number of nitrogens with one attached hydrogen (secondary N) is 1. The van der Waals surface area contributed by atoms with Crippen LogP contribution in [0.5, 0.6) is 0 Å². The van der Waals surface area contributed by atoms with E-state index >= 15 is 0 Å². The third kappa shape index (κ3) is 1.82. The van der Waals surface area contributed by atoms with Crippen molar-refractivity contribution in [3.63, 3.8) is 0 Å². The first-order valence-corrected chi connectivity index (χ1v) is 7.12. The first-order chi connectivity index (χ1) is 10.3. The average molecular weight is 294 g/mol. The predicted molar refractivity (Wildman–Crippen MR) is 86.6 cm³/mol. The lowest BCUT2D eigenvalue weighted by atomic mass is 10.0. The zero-order valence-electron chi connectivity index (χ0n) is 11.4. The molecule has 0 spiro atoms. The van der Waals surface area contributed by atoms with Crippen LogP contribution in [0, 0.1) is 6.92 Å². The number of H-pyrrole nitrogens is 1. The minimum atomic E-state index is 0.704. The summed E-state index contributed by atoms with van der Waals surface area (Å²) < 4.78 is 0. The van der Waals surface area contributed by atoms with Gasteiger partial charge in [-0.25, -0.2) is 4.98 Å². The zero-order valence-corrected chi connectivity index (χ0v) is 12.1. The third-order valence-electron chi connectivity index (χ3n) is 3.72. The van der Waals surface area contributed by atoms with E-state index in [9.17, 15) is 0 Å². The number of aryl methyl sites for hydroxylation is 1. The molecule has 4 rings (SSSR count). The first-order valence-electron chi connectivity index (χ1n) is 6.74. The summed E-state index contributed by atoms with van der Waals surface area (Å²) in [5.74, 6) is 0. The van der Waals surface area contributed by atoms with Gasteiger partial charge in [0.1, 0.15) is 5.52 Å². The van der Waals surface area contributed by atoms with Crippen LogP contribution in [0.15, 0.2) is 48.5 Å². The average Bonchev–Trinajstić information content (AvgIpc) is 2.89. The van der Waals surface area contributed by atoms with Crippen LogP contribution in [0.3, 0.4) is 0 Å². The van der Waals surface area contributed by atoms with Crippen LogP contribution in [0.25, 0.3) is 33.1 Å². The molecule has 0 aliphatic rings. The number of nitrogens with zero attached hydrogens (tertiary/aromatic N) is 2. The van der Waals surface area contributed by atoms with Crippen molar-refractivity contribution >= 4 is 33.4 Å². The fourth-order valence-corrected chi connectivity index (χ4v) is 2.91. The van der Waals surface area contributed by atoms with Crippen LogP contribution in [0.4, 0.5) is 0 Å². The van der Waals surface area contributed by atoms with Crippen molar-refractivity contribution in [2.24, 2.45) is 0 Å². The molecule has 0 unspecified atom stereocenters. The molecular formula is C17H12ClN3. The molecule has 21 heavy (non-hydrogen) atoms. The van der Waals surface area contributed by atoms with Gasteiger partial charge in [0, 0.05) is 21.4 Å². The predicted octanol–water partition coefficient (Wildman–Crippen LogP) is 4.74. The maximum absolute atomic E-state index is 6.36. The molecule has 0 saturated heterocycles. The van der Waals surface area contributed by atoms with Crippen molar-refractivity contribution < 1.29 is 0 Å². The Hall–Kier alpha value is -2.39. The van der Waals surface area contributed by atoms with E-state index in [1.807, 2.05) is 43.3 Å². The van der Waals surface area contributed by atoms with E-state index in [2.05, 4.69) is 22.3 Å². The lowest BCUT2D eigenvalue weighted by Crippen LogP contribution is -1.89. The highest BCUT2D eigenvalue weighted by molar-refractivity contribution is 6.33. The molecule has 2 heterocycles. The van der Waals surface area contributed by atoms with E-state index in [0.717, 1.165) is 38.8 Å². The summed E-state index contributed by atoms with van der Waals surface area (Å²) >= 11 is 6.36. The van der Waals surface area contributed by atoms with E-state index < -0.39 is 0 Å². The fraction of sp³-hybridized carbons (Fsp3) is 0.0588.